The van der Waals surface area contributed by atoms with Gasteiger partial charge in [0.1, 0.15) is 6.61 Å². The molecular weight excluding hydrogens is 282 g/mol. The molecule has 20 heavy (non-hydrogen) atoms. The highest BCUT2D eigenvalue weighted by Gasteiger charge is 2.41. The maximum atomic E-state index is 12.0. The fourth-order valence-electron chi connectivity index (χ4n) is 2.38. The number of carbonyl (C=O) groups excluding carboxylic acids is 1. The van der Waals surface area contributed by atoms with Gasteiger partial charge < -0.3 is 14.7 Å². The van der Waals surface area contributed by atoms with Crippen LogP contribution in [0.3, 0.4) is 0 Å². The van der Waals surface area contributed by atoms with Crippen molar-refractivity contribution in [2.24, 2.45) is 0 Å². The molecule has 1 aliphatic rings. The highest BCUT2D eigenvalue weighted by atomic mass is 35.5. The molecule has 108 valence electrons. The molecule has 0 unspecified atom stereocenters. The summed E-state index contributed by atoms with van der Waals surface area (Å²) in [7, 11) is 0. The Morgan fingerprint density at radius 2 is 2.10 bits per heavy atom. The summed E-state index contributed by atoms with van der Waals surface area (Å²) in [6, 6.07) is 6.20. The van der Waals surface area contributed by atoms with Gasteiger partial charge in [0.2, 0.25) is 5.91 Å². The van der Waals surface area contributed by atoms with Crippen LogP contribution in [0.25, 0.3) is 0 Å². The Morgan fingerprint density at radius 1 is 1.45 bits per heavy atom. The van der Waals surface area contributed by atoms with Gasteiger partial charge in [-0.25, -0.2) is 4.79 Å². The van der Waals surface area contributed by atoms with Gasteiger partial charge in [-0.1, -0.05) is 30.7 Å². The van der Waals surface area contributed by atoms with Gasteiger partial charge in [0.15, 0.2) is 6.10 Å². The number of ether oxygens (including phenoxy) is 1. The number of halogens is 1. The van der Waals surface area contributed by atoms with Crippen molar-refractivity contribution in [2.75, 3.05) is 13.2 Å². The number of benzene rings is 1. The Balaban J connectivity index is 2.39. The standard InChI is InChI=1S/C14H16ClNO4/c1-2-7-16-11(17)8-20-13(14(18)19)12(16)9-3-5-10(15)6-4-9/h3-6,12-13H,2,7-8H2,1H3,(H,18,19)/t12-,13-/m1/s1. The third-order valence-electron chi connectivity index (χ3n) is 3.25. The molecule has 2 atom stereocenters. The van der Waals surface area contributed by atoms with Crippen LogP contribution < -0.4 is 0 Å². The molecule has 1 heterocycles. The predicted octanol–water partition coefficient (Wildman–Crippen LogP) is 2.10. The van der Waals surface area contributed by atoms with E-state index in [4.69, 9.17) is 16.3 Å². The number of amides is 1. The highest BCUT2D eigenvalue weighted by molar-refractivity contribution is 6.30. The molecule has 0 aromatic heterocycles. The van der Waals surface area contributed by atoms with E-state index in [1.54, 1.807) is 29.2 Å². The summed E-state index contributed by atoms with van der Waals surface area (Å²) in [5, 5.41) is 9.87. The lowest BCUT2D eigenvalue weighted by Gasteiger charge is -2.39. The first-order chi connectivity index (χ1) is 9.54. The van der Waals surface area contributed by atoms with Gasteiger partial charge in [0.25, 0.3) is 0 Å². The second-order valence-electron chi connectivity index (χ2n) is 4.65. The van der Waals surface area contributed by atoms with Crippen LogP contribution in [0, 0.1) is 0 Å². The summed E-state index contributed by atoms with van der Waals surface area (Å²) in [5.74, 6) is -1.26. The first-order valence-corrected chi connectivity index (χ1v) is 6.81. The predicted molar refractivity (Wildman–Crippen MR) is 73.6 cm³/mol. The Morgan fingerprint density at radius 3 is 2.65 bits per heavy atom. The lowest BCUT2D eigenvalue weighted by Crippen LogP contribution is -2.52. The fraction of sp³-hybridized carbons (Fsp3) is 0.429. The van der Waals surface area contributed by atoms with E-state index in [-0.39, 0.29) is 12.5 Å². The Labute approximate surface area is 122 Å². The molecule has 0 bridgehead atoms. The van der Waals surface area contributed by atoms with E-state index >= 15 is 0 Å². The molecule has 6 heteroatoms. The van der Waals surface area contributed by atoms with Crippen LogP contribution >= 0.6 is 11.6 Å². The Kier molecular flexibility index (Phi) is 4.62. The van der Waals surface area contributed by atoms with Gasteiger partial charge in [-0.2, -0.15) is 0 Å². The molecule has 0 aliphatic carbocycles. The van der Waals surface area contributed by atoms with Crippen molar-refractivity contribution in [1.82, 2.24) is 4.90 Å². The molecule has 1 aromatic rings. The van der Waals surface area contributed by atoms with Gasteiger partial charge in [-0.3, -0.25) is 4.79 Å². The van der Waals surface area contributed by atoms with Crippen molar-refractivity contribution in [3.05, 3.63) is 34.9 Å². The van der Waals surface area contributed by atoms with Crippen LogP contribution in [0.4, 0.5) is 0 Å². The molecule has 1 aromatic carbocycles. The number of nitrogens with zero attached hydrogens (tertiary/aromatic N) is 1. The Bertz CT molecular complexity index is 502. The number of hydrogen-bond donors (Lipinski definition) is 1. The zero-order chi connectivity index (χ0) is 14.7. The molecule has 1 amide bonds. The van der Waals surface area contributed by atoms with Gasteiger partial charge in [0.05, 0.1) is 6.04 Å². The second kappa shape index (κ2) is 6.24. The van der Waals surface area contributed by atoms with Crippen LogP contribution in [0.15, 0.2) is 24.3 Å². The van der Waals surface area contributed by atoms with Crippen LogP contribution in [-0.2, 0) is 14.3 Å². The van der Waals surface area contributed by atoms with Gasteiger partial charge >= 0.3 is 5.97 Å². The van der Waals surface area contributed by atoms with E-state index in [0.717, 1.165) is 6.42 Å². The molecule has 1 fully saturated rings. The third-order valence-corrected chi connectivity index (χ3v) is 3.50. The molecule has 0 radical (unpaired) electrons. The van der Waals surface area contributed by atoms with Crippen LogP contribution in [0.2, 0.25) is 5.02 Å². The quantitative estimate of drug-likeness (QED) is 0.924. The summed E-state index contributed by atoms with van der Waals surface area (Å²) in [6.07, 6.45) is -0.303. The number of carboxylic acids is 1. The number of carboxylic acid groups (broad SMARTS) is 1. The monoisotopic (exact) mass is 297 g/mol. The maximum Gasteiger partial charge on any atom is 0.335 e. The van der Waals surface area contributed by atoms with E-state index in [2.05, 4.69) is 0 Å². The molecule has 0 spiro atoms. The van der Waals surface area contributed by atoms with Crippen molar-refractivity contribution in [3.63, 3.8) is 0 Å². The summed E-state index contributed by atoms with van der Waals surface area (Å²) in [6.45, 7) is 2.25. The fourth-order valence-corrected chi connectivity index (χ4v) is 2.51. The lowest BCUT2D eigenvalue weighted by molar-refractivity contribution is -0.173. The van der Waals surface area contributed by atoms with E-state index in [1.807, 2.05) is 6.92 Å². The van der Waals surface area contributed by atoms with Gasteiger partial charge in [-0.05, 0) is 24.1 Å². The average molecular weight is 298 g/mol. The summed E-state index contributed by atoms with van der Waals surface area (Å²) in [4.78, 5) is 24.9. The van der Waals surface area contributed by atoms with E-state index in [1.165, 1.54) is 0 Å². The first-order valence-electron chi connectivity index (χ1n) is 6.44. The number of aliphatic carboxylic acids is 1. The molecule has 2 rings (SSSR count). The summed E-state index contributed by atoms with van der Waals surface area (Å²) in [5.41, 5.74) is 0.711. The molecule has 0 saturated carbocycles. The topological polar surface area (TPSA) is 66.8 Å². The summed E-state index contributed by atoms with van der Waals surface area (Å²) < 4.78 is 5.20. The second-order valence-corrected chi connectivity index (χ2v) is 5.09. The maximum absolute atomic E-state index is 12.0. The lowest BCUT2D eigenvalue weighted by atomic mass is 9.97. The smallest absolute Gasteiger partial charge is 0.335 e. The van der Waals surface area contributed by atoms with Crippen molar-refractivity contribution in [2.45, 2.75) is 25.5 Å². The minimum atomic E-state index is -1.07. The average Bonchev–Trinajstić information content (AvgIpc) is 2.42. The summed E-state index contributed by atoms with van der Waals surface area (Å²) >= 11 is 5.85. The molecule has 1 N–H and O–H groups in total. The van der Waals surface area contributed by atoms with Crippen molar-refractivity contribution < 1.29 is 19.4 Å². The number of carbonyl (C=O) groups is 2. The van der Waals surface area contributed by atoms with Crippen molar-refractivity contribution in [1.29, 1.82) is 0 Å². The van der Waals surface area contributed by atoms with Gasteiger partial charge in [0, 0.05) is 11.6 Å². The zero-order valence-electron chi connectivity index (χ0n) is 11.1. The Hall–Kier alpha value is -1.59. The first kappa shape index (κ1) is 14.8. The van der Waals surface area contributed by atoms with E-state index in [0.29, 0.717) is 17.1 Å². The highest BCUT2D eigenvalue weighted by Crippen LogP contribution is 2.31. The molecule has 1 saturated heterocycles. The molecular formula is C14H16ClNO4. The number of rotatable bonds is 4. The van der Waals surface area contributed by atoms with Gasteiger partial charge in [-0.15, -0.1) is 0 Å². The number of morpholine rings is 1. The minimum absolute atomic E-state index is 0.190. The largest absolute Gasteiger partial charge is 0.479 e. The van der Waals surface area contributed by atoms with Crippen molar-refractivity contribution >= 4 is 23.5 Å². The SMILES string of the molecule is CCCN1C(=O)CO[C@@H](C(=O)O)[C@H]1c1ccc(Cl)cc1. The number of hydrogen-bond acceptors (Lipinski definition) is 3. The van der Waals surface area contributed by atoms with Crippen LogP contribution in [-0.4, -0.2) is 41.1 Å². The minimum Gasteiger partial charge on any atom is -0.479 e. The van der Waals surface area contributed by atoms with Crippen LogP contribution in [0.5, 0.6) is 0 Å². The normalized spacial score (nSPS) is 22.9. The zero-order valence-corrected chi connectivity index (χ0v) is 11.8. The molecule has 5 nitrogen and oxygen atoms in total. The van der Waals surface area contributed by atoms with E-state index in [9.17, 15) is 14.7 Å². The molecule has 1 aliphatic heterocycles. The third kappa shape index (κ3) is 2.94. The van der Waals surface area contributed by atoms with Crippen molar-refractivity contribution in [3.8, 4) is 0 Å². The van der Waals surface area contributed by atoms with E-state index < -0.39 is 18.1 Å². The van der Waals surface area contributed by atoms with Crippen LogP contribution in [0.1, 0.15) is 24.9 Å².